The summed E-state index contributed by atoms with van der Waals surface area (Å²) in [6.07, 6.45) is 0. The predicted molar refractivity (Wildman–Crippen MR) is 77.9 cm³/mol. The third-order valence-corrected chi connectivity index (χ3v) is 3.55. The normalized spacial score (nSPS) is 10.6. The average Bonchev–Trinajstić information content (AvgIpc) is 2.35. The van der Waals surface area contributed by atoms with Gasteiger partial charge in [-0.2, -0.15) is 0 Å². The molecule has 1 aromatic carbocycles. The second-order valence-corrected chi connectivity index (χ2v) is 5.27. The van der Waals surface area contributed by atoms with Crippen LogP contribution in [0, 0.1) is 24.0 Å². The first kappa shape index (κ1) is 14.4. The van der Waals surface area contributed by atoms with Gasteiger partial charge in [-0.3, -0.25) is 19.5 Å². The minimum Gasteiger partial charge on any atom is -0.292 e. The fraction of sp³-hybridized carbons (Fsp3) is 0.231. The first-order valence-corrected chi connectivity index (χ1v) is 6.65. The highest BCUT2D eigenvalue weighted by Crippen LogP contribution is 2.25. The van der Waals surface area contributed by atoms with E-state index in [0.29, 0.717) is 21.6 Å². The molecule has 104 valence electrons. The topological polar surface area (TPSA) is 78.0 Å². The number of nitro benzene ring substituents is 1. The number of nitro groups is 1. The Balaban J connectivity index is 2.43. The highest BCUT2D eigenvalue weighted by atomic mass is 79.9. The van der Waals surface area contributed by atoms with Crippen LogP contribution in [0.4, 0.5) is 5.69 Å². The Morgan fingerprint density at radius 3 is 2.65 bits per heavy atom. The monoisotopic (exact) mass is 337 g/mol. The molecule has 0 bridgehead atoms. The van der Waals surface area contributed by atoms with Crippen molar-refractivity contribution in [2.45, 2.75) is 20.4 Å². The lowest BCUT2D eigenvalue weighted by atomic mass is 10.2. The molecule has 6 nitrogen and oxygen atoms in total. The maximum absolute atomic E-state index is 11.9. The van der Waals surface area contributed by atoms with Crippen molar-refractivity contribution < 1.29 is 4.92 Å². The van der Waals surface area contributed by atoms with E-state index >= 15 is 0 Å². The van der Waals surface area contributed by atoms with Crippen LogP contribution in [0.5, 0.6) is 0 Å². The Morgan fingerprint density at radius 2 is 2.05 bits per heavy atom. The van der Waals surface area contributed by atoms with E-state index in [1.807, 2.05) is 0 Å². The predicted octanol–water partition coefficient (Wildman–Crippen LogP) is 2.58. The molecule has 2 aromatic rings. The molecule has 0 saturated carbocycles. The van der Waals surface area contributed by atoms with Gasteiger partial charge in [-0.1, -0.05) is 6.07 Å². The highest BCUT2D eigenvalue weighted by Gasteiger charge is 2.13. The number of nitrogens with zero attached hydrogens (tertiary/aromatic N) is 3. The van der Waals surface area contributed by atoms with E-state index < -0.39 is 4.92 Å². The van der Waals surface area contributed by atoms with Crippen molar-refractivity contribution in [2.24, 2.45) is 0 Å². The number of benzene rings is 1. The molecule has 1 aromatic heterocycles. The number of hydrogen-bond donors (Lipinski definition) is 0. The minimum absolute atomic E-state index is 0.0201. The van der Waals surface area contributed by atoms with Gasteiger partial charge in [-0.15, -0.1) is 0 Å². The smallest absolute Gasteiger partial charge is 0.283 e. The molecule has 0 spiro atoms. The fourth-order valence-corrected chi connectivity index (χ4v) is 2.33. The molecule has 7 heteroatoms. The van der Waals surface area contributed by atoms with Crippen molar-refractivity contribution in [1.82, 2.24) is 9.55 Å². The van der Waals surface area contributed by atoms with E-state index in [0.717, 1.165) is 0 Å². The highest BCUT2D eigenvalue weighted by molar-refractivity contribution is 9.10. The summed E-state index contributed by atoms with van der Waals surface area (Å²) in [6, 6.07) is 6.24. The van der Waals surface area contributed by atoms with E-state index in [2.05, 4.69) is 20.9 Å². The molecule has 0 aliphatic rings. The Bertz CT molecular complexity index is 740. The Hall–Kier alpha value is -2.02. The largest absolute Gasteiger partial charge is 0.292 e. The van der Waals surface area contributed by atoms with Crippen LogP contribution in [-0.4, -0.2) is 14.5 Å². The van der Waals surface area contributed by atoms with Crippen molar-refractivity contribution in [3.8, 4) is 0 Å². The molecule has 0 radical (unpaired) electrons. The zero-order valence-corrected chi connectivity index (χ0v) is 12.5. The molecule has 0 aliphatic carbocycles. The summed E-state index contributed by atoms with van der Waals surface area (Å²) < 4.78 is 1.90. The number of rotatable bonds is 3. The maximum atomic E-state index is 11.9. The Labute approximate surface area is 123 Å². The molecule has 0 amide bonds. The van der Waals surface area contributed by atoms with Gasteiger partial charge in [-0.25, -0.2) is 4.98 Å². The van der Waals surface area contributed by atoms with E-state index in [1.165, 1.54) is 16.7 Å². The van der Waals surface area contributed by atoms with Crippen LogP contribution in [-0.2, 0) is 6.54 Å². The van der Waals surface area contributed by atoms with E-state index in [9.17, 15) is 14.9 Å². The van der Waals surface area contributed by atoms with Gasteiger partial charge >= 0.3 is 0 Å². The van der Waals surface area contributed by atoms with Crippen molar-refractivity contribution in [1.29, 1.82) is 0 Å². The first-order chi connectivity index (χ1) is 9.38. The minimum atomic E-state index is -0.462. The van der Waals surface area contributed by atoms with Crippen LogP contribution in [0.15, 0.2) is 33.5 Å². The zero-order valence-electron chi connectivity index (χ0n) is 11.0. The van der Waals surface area contributed by atoms with E-state index in [-0.39, 0.29) is 17.8 Å². The Kier molecular flexibility index (Phi) is 3.99. The molecule has 2 rings (SSSR count). The van der Waals surface area contributed by atoms with Crippen LogP contribution in [0.3, 0.4) is 0 Å². The number of hydrogen-bond acceptors (Lipinski definition) is 4. The van der Waals surface area contributed by atoms with Crippen LogP contribution in [0.2, 0.25) is 0 Å². The summed E-state index contributed by atoms with van der Waals surface area (Å²) >= 11 is 3.13. The number of aromatic nitrogens is 2. The third kappa shape index (κ3) is 2.93. The molecule has 0 atom stereocenters. The van der Waals surface area contributed by atoms with Gasteiger partial charge in [0.15, 0.2) is 0 Å². The average molecular weight is 338 g/mol. The number of halogens is 1. The van der Waals surface area contributed by atoms with Gasteiger partial charge in [0.25, 0.3) is 11.2 Å². The first-order valence-electron chi connectivity index (χ1n) is 5.86. The standard InChI is InChI=1S/C13H12BrN3O3/c1-8-5-13(18)16(9(2)15-8)7-10-3-4-11(14)12(6-10)17(19)20/h3-6H,7H2,1-2H3. The molecular weight excluding hydrogens is 326 g/mol. The summed E-state index contributed by atoms with van der Waals surface area (Å²) in [5.41, 5.74) is 1.15. The molecule has 1 heterocycles. The van der Waals surface area contributed by atoms with Gasteiger partial charge < -0.3 is 0 Å². The van der Waals surface area contributed by atoms with Crippen LogP contribution in [0.1, 0.15) is 17.1 Å². The molecule has 20 heavy (non-hydrogen) atoms. The lowest BCUT2D eigenvalue weighted by molar-refractivity contribution is -0.385. The molecule has 0 saturated heterocycles. The lowest BCUT2D eigenvalue weighted by Gasteiger charge is -2.09. The SMILES string of the molecule is Cc1cc(=O)n(Cc2ccc(Br)c([N+](=O)[O-])c2)c(C)n1. The summed E-state index contributed by atoms with van der Waals surface area (Å²) in [5, 5.41) is 10.9. The summed E-state index contributed by atoms with van der Waals surface area (Å²) in [5.74, 6) is 0.584. The van der Waals surface area contributed by atoms with Gasteiger partial charge in [0.1, 0.15) is 5.82 Å². The van der Waals surface area contributed by atoms with Crippen molar-refractivity contribution >= 4 is 21.6 Å². The van der Waals surface area contributed by atoms with Gasteiger partial charge in [-0.05, 0) is 41.4 Å². The Morgan fingerprint density at radius 1 is 1.35 bits per heavy atom. The van der Waals surface area contributed by atoms with Crippen molar-refractivity contribution in [2.75, 3.05) is 0 Å². The molecule has 0 aliphatic heterocycles. The van der Waals surface area contributed by atoms with E-state index in [4.69, 9.17) is 0 Å². The second kappa shape index (κ2) is 5.54. The van der Waals surface area contributed by atoms with E-state index in [1.54, 1.807) is 26.0 Å². The molecule has 0 N–H and O–H groups in total. The van der Waals surface area contributed by atoms with Gasteiger partial charge in [0, 0.05) is 17.8 Å². The zero-order chi connectivity index (χ0) is 14.9. The molecule has 0 fully saturated rings. The molecular formula is C13H12BrN3O3. The van der Waals surface area contributed by atoms with Gasteiger partial charge in [0.05, 0.1) is 15.9 Å². The van der Waals surface area contributed by atoms with Crippen molar-refractivity contribution in [3.63, 3.8) is 0 Å². The number of aryl methyl sites for hydroxylation is 2. The van der Waals surface area contributed by atoms with Crippen LogP contribution < -0.4 is 5.56 Å². The van der Waals surface area contributed by atoms with Crippen LogP contribution in [0.25, 0.3) is 0 Å². The maximum Gasteiger partial charge on any atom is 0.283 e. The fourth-order valence-electron chi connectivity index (χ4n) is 1.94. The molecule has 0 unspecified atom stereocenters. The van der Waals surface area contributed by atoms with Gasteiger partial charge in [0.2, 0.25) is 0 Å². The third-order valence-electron chi connectivity index (χ3n) is 2.88. The lowest BCUT2D eigenvalue weighted by Crippen LogP contribution is -2.24. The summed E-state index contributed by atoms with van der Waals surface area (Å²) in [7, 11) is 0. The quantitative estimate of drug-likeness (QED) is 0.637. The second-order valence-electron chi connectivity index (χ2n) is 4.41. The van der Waals surface area contributed by atoms with Crippen molar-refractivity contribution in [3.05, 3.63) is 66.3 Å². The summed E-state index contributed by atoms with van der Waals surface area (Å²) in [6.45, 7) is 3.75. The van der Waals surface area contributed by atoms with Crippen LogP contribution >= 0.6 is 15.9 Å². The summed E-state index contributed by atoms with van der Waals surface area (Å²) in [4.78, 5) is 26.6.